The highest BCUT2D eigenvalue weighted by Crippen LogP contribution is 2.41. The minimum Gasteiger partial charge on any atom is -0.450 e. The van der Waals surface area contributed by atoms with Gasteiger partial charge in [0.25, 0.3) is 0 Å². The molecule has 9 heteroatoms. The van der Waals surface area contributed by atoms with Gasteiger partial charge in [-0.3, -0.25) is 14.9 Å². The second kappa shape index (κ2) is 9.71. The van der Waals surface area contributed by atoms with Crippen molar-refractivity contribution in [1.82, 2.24) is 16.0 Å². The third kappa shape index (κ3) is 5.16. The molecule has 2 heterocycles. The number of imide groups is 1. The van der Waals surface area contributed by atoms with Crippen LogP contribution in [-0.2, 0) is 14.3 Å². The van der Waals surface area contributed by atoms with Gasteiger partial charge < -0.3 is 15.4 Å². The van der Waals surface area contributed by atoms with Crippen LogP contribution in [0.4, 0.5) is 4.79 Å². The Morgan fingerprint density at radius 2 is 1.96 bits per heavy atom. The summed E-state index contributed by atoms with van der Waals surface area (Å²) in [5, 5.41) is 9.83. The number of alkyl carbamates (subject to hydrolysis) is 1. The van der Waals surface area contributed by atoms with Crippen LogP contribution in [0.3, 0.4) is 0 Å². The first kappa shape index (κ1) is 21.8. The van der Waals surface area contributed by atoms with E-state index >= 15 is 0 Å². The molecule has 28 heavy (non-hydrogen) atoms. The highest BCUT2D eigenvalue weighted by atomic mass is 32.2. The predicted octanol–water partition coefficient (Wildman–Crippen LogP) is 2.31. The summed E-state index contributed by atoms with van der Waals surface area (Å²) in [5.41, 5.74) is 0. The fraction of sp³-hybridized carbons (Fsp3) is 0.842. The molecule has 3 fully saturated rings. The van der Waals surface area contributed by atoms with Gasteiger partial charge in [-0.25, -0.2) is 4.79 Å². The summed E-state index contributed by atoms with van der Waals surface area (Å²) in [7, 11) is 0. The zero-order valence-corrected chi connectivity index (χ0v) is 18.4. The Kier molecular flexibility index (Phi) is 7.55. The average molecular weight is 430 g/mol. The second-order valence-corrected chi connectivity index (χ2v) is 10.7. The smallest absolute Gasteiger partial charge is 0.413 e. The van der Waals surface area contributed by atoms with Gasteiger partial charge in [-0.1, -0.05) is 13.8 Å². The normalized spacial score (nSPS) is 34.7. The van der Waals surface area contributed by atoms with Crippen LogP contribution in [0.5, 0.6) is 0 Å². The van der Waals surface area contributed by atoms with Crippen LogP contribution < -0.4 is 16.0 Å². The van der Waals surface area contributed by atoms with Crippen LogP contribution >= 0.6 is 23.5 Å². The third-order valence-corrected chi connectivity index (χ3v) is 8.84. The van der Waals surface area contributed by atoms with Gasteiger partial charge in [0, 0.05) is 17.2 Å². The number of rotatable bonds is 5. The van der Waals surface area contributed by atoms with E-state index in [9.17, 15) is 14.4 Å². The predicted molar refractivity (Wildman–Crippen MR) is 112 cm³/mol. The molecule has 3 aliphatic rings. The summed E-state index contributed by atoms with van der Waals surface area (Å²) in [6, 6.07) is 0.390. The third-order valence-electron chi connectivity index (χ3n) is 5.68. The maximum absolute atomic E-state index is 12.9. The lowest BCUT2D eigenvalue weighted by Gasteiger charge is -2.31. The van der Waals surface area contributed by atoms with Crippen molar-refractivity contribution < 1.29 is 19.1 Å². The van der Waals surface area contributed by atoms with E-state index in [-0.39, 0.29) is 29.7 Å². The standard InChI is InChI=1S/C19H31N3O4S2/c1-4-26-19(25)22-16(24)12-7-8-27-18(12)21-15(23)11-5-6-14-13(9-11)20-17(28-14)10(2)3/h10-14,17-18,20H,4-9H2,1-3H3,(H,21,23)(H,22,24,25). The number of thioether (sulfide) groups is 2. The van der Waals surface area contributed by atoms with E-state index in [1.165, 1.54) is 0 Å². The van der Waals surface area contributed by atoms with Crippen molar-refractivity contribution >= 4 is 41.4 Å². The van der Waals surface area contributed by atoms with Gasteiger partial charge in [-0.15, -0.1) is 23.5 Å². The van der Waals surface area contributed by atoms with Gasteiger partial charge >= 0.3 is 6.09 Å². The highest BCUT2D eigenvalue weighted by molar-refractivity contribution is 8.00. The summed E-state index contributed by atoms with van der Waals surface area (Å²) in [6.07, 6.45) is 2.71. The maximum Gasteiger partial charge on any atom is 0.413 e. The lowest BCUT2D eigenvalue weighted by atomic mass is 9.84. The van der Waals surface area contributed by atoms with Gasteiger partial charge in [0.05, 0.1) is 23.3 Å². The lowest BCUT2D eigenvalue weighted by molar-refractivity contribution is -0.127. The van der Waals surface area contributed by atoms with Crippen LogP contribution in [0.2, 0.25) is 0 Å². The second-order valence-electron chi connectivity index (χ2n) is 8.03. The maximum atomic E-state index is 12.9. The lowest BCUT2D eigenvalue weighted by Crippen LogP contribution is -2.48. The number of amides is 3. The largest absolute Gasteiger partial charge is 0.450 e. The summed E-state index contributed by atoms with van der Waals surface area (Å²) in [6.45, 7) is 6.36. The molecule has 0 aromatic heterocycles. The van der Waals surface area contributed by atoms with E-state index in [0.29, 0.717) is 29.0 Å². The minimum atomic E-state index is -0.725. The molecule has 2 saturated heterocycles. The van der Waals surface area contributed by atoms with Crippen molar-refractivity contribution in [3.05, 3.63) is 0 Å². The summed E-state index contributed by atoms with van der Waals surface area (Å²) in [4.78, 5) is 36.7. The van der Waals surface area contributed by atoms with Crippen molar-refractivity contribution in [3.8, 4) is 0 Å². The number of ether oxygens (including phenoxy) is 1. The highest BCUT2D eigenvalue weighted by Gasteiger charge is 2.43. The number of carbonyl (C=O) groups excluding carboxylic acids is 3. The Bertz CT molecular complexity index is 604. The first-order valence-corrected chi connectivity index (χ1v) is 12.2. The molecule has 0 aromatic rings. The van der Waals surface area contributed by atoms with Crippen molar-refractivity contribution in [2.75, 3.05) is 12.4 Å². The molecule has 2 aliphatic heterocycles. The summed E-state index contributed by atoms with van der Waals surface area (Å²) < 4.78 is 4.78. The fourth-order valence-corrected chi connectivity index (χ4v) is 7.06. The van der Waals surface area contributed by atoms with Crippen LogP contribution in [0.1, 0.15) is 46.5 Å². The number of fused-ring (bicyclic) bond motifs is 1. The van der Waals surface area contributed by atoms with Crippen LogP contribution in [0.25, 0.3) is 0 Å². The number of hydrogen-bond acceptors (Lipinski definition) is 7. The molecule has 0 radical (unpaired) electrons. The quantitative estimate of drug-likeness (QED) is 0.617. The molecule has 6 atom stereocenters. The SMILES string of the molecule is CCOC(=O)NC(=O)C1CCSC1NC(=O)C1CCC2SC(C(C)C)NC2C1. The molecule has 6 unspecified atom stereocenters. The van der Waals surface area contributed by atoms with E-state index in [1.807, 2.05) is 11.8 Å². The first-order chi connectivity index (χ1) is 13.4. The van der Waals surface area contributed by atoms with Crippen LogP contribution in [-0.4, -0.2) is 52.3 Å². The fourth-order valence-electron chi connectivity index (χ4n) is 4.13. The van der Waals surface area contributed by atoms with Gasteiger partial charge in [-0.2, -0.15) is 0 Å². The molecule has 3 amide bonds. The number of nitrogens with one attached hydrogen (secondary N) is 3. The van der Waals surface area contributed by atoms with Crippen LogP contribution in [0.15, 0.2) is 0 Å². The Hall–Kier alpha value is -0.930. The van der Waals surface area contributed by atoms with Gasteiger partial charge in [0.1, 0.15) is 0 Å². The Labute approximate surface area is 175 Å². The molecule has 158 valence electrons. The van der Waals surface area contributed by atoms with Crippen molar-refractivity contribution in [1.29, 1.82) is 0 Å². The minimum absolute atomic E-state index is 0.0183. The molecule has 0 bridgehead atoms. The number of hydrogen-bond donors (Lipinski definition) is 3. The Morgan fingerprint density at radius 3 is 2.68 bits per heavy atom. The molecule has 1 saturated carbocycles. The van der Waals surface area contributed by atoms with E-state index in [2.05, 4.69) is 29.8 Å². The first-order valence-electron chi connectivity index (χ1n) is 10.2. The van der Waals surface area contributed by atoms with Crippen molar-refractivity contribution in [2.45, 2.75) is 68.5 Å². The topological polar surface area (TPSA) is 96.5 Å². The molecule has 3 rings (SSSR count). The molecular weight excluding hydrogens is 398 g/mol. The summed E-state index contributed by atoms with van der Waals surface area (Å²) >= 11 is 3.59. The van der Waals surface area contributed by atoms with Gasteiger partial charge in [0.15, 0.2) is 0 Å². The van der Waals surface area contributed by atoms with E-state index in [4.69, 9.17) is 4.74 Å². The zero-order valence-electron chi connectivity index (χ0n) is 16.7. The molecule has 1 aliphatic carbocycles. The average Bonchev–Trinajstić information content (AvgIpc) is 3.27. The van der Waals surface area contributed by atoms with Gasteiger partial charge in [0.2, 0.25) is 11.8 Å². The molecule has 3 N–H and O–H groups in total. The molecule has 7 nitrogen and oxygen atoms in total. The zero-order chi connectivity index (χ0) is 20.3. The monoisotopic (exact) mass is 429 g/mol. The van der Waals surface area contributed by atoms with E-state index < -0.39 is 12.0 Å². The Balaban J connectivity index is 1.51. The van der Waals surface area contributed by atoms with Crippen molar-refractivity contribution in [2.24, 2.45) is 17.8 Å². The van der Waals surface area contributed by atoms with Crippen LogP contribution in [0, 0.1) is 17.8 Å². The summed E-state index contributed by atoms with van der Waals surface area (Å²) in [5.74, 6) is 0.611. The van der Waals surface area contributed by atoms with Gasteiger partial charge in [-0.05, 0) is 44.3 Å². The van der Waals surface area contributed by atoms with Crippen molar-refractivity contribution in [3.63, 3.8) is 0 Å². The number of carbonyl (C=O) groups is 3. The molecular formula is C19H31N3O4S2. The van der Waals surface area contributed by atoms with E-state index in [0.717, 1.165) is 25.0 Å². The molecule has 0 aromatic carbocycles. The van der Waals surface area contributed by atoms with E-state index in [1.54, 1.807) is 18.7 Å². The molecule has 0 spiro atoms. The Morgan fingerprint density at radius 1 is 1.18 bits per heavy atom.